The van der Waals surface area contributed by atoms with Gasteiger partial charge in [0.15, 0.2) is 0 Å². The molecule has 1 fully saturated rings. The SMILES string of the molecule is COC(=O)NS(=O)(=O)NC1(CC(=O)O)CCCC1. The summed E-state index contributed by atoms with van der Waals surface area (Å²) in [5, 5.41) is 8.82. The molecule has 0 aliphatic heterocycles. The number of ether oxygens (including phenoxy) is 1. The van der Waals surface area contributed by atoms with Gasteiger partial charge < -0.3 is 9.84 Å². The molecule has 9 heteroatoms. The van der Waals surface area contributed by atoms with Crippen LogP contribution in [0.15, 0.2) is 0 Å². The molecule has 1 saturated carbocycles. The molecule has 3 N–H and O–H groups in total. The molecule has 0 aromatic rings. The molecular weight excluding hydrogens is 264 g/mol. The highest BCUT2D eigenvalue weighted by molar-refractivity contribution is 7.88. The predicted octanol–water partition coefficient (Wildman–Crippen LogP) is -0.0357. The normalized spacial score (nSPS) is 18.3. The Morgan fingerprint density at radius 3 is 2.33 bits per heavy atom. The lowest BCUT2D eigenvalue weighted by molar-refractivity contribution is -0.138. The van der Waals surface area contributed by atoms with Crippen molar-refractivity contribution in [3.05, 3.63) is 0 Å². The third kappa shape index (κ3) is 4.15. The first-order chi connectivity index (χ1) is 8.29. The number of hydrogen-bond acceptors (Lipinski definition) is 5. The Labute approximate surface area is 105 Å². The Morgan fingerprint density at radius 1 is 1.33 bits per heavy atom. The van der Waals surface area contributed by atoms with Crippen molar-refractivity contribution in [3.63, 3.8) is 0 Å². The monoisotopic (exact) mass is 280 g/mol. The van der Waals surface area contributed by atoms with Crippen LogP contribution in [0, 0.1) is 0 Å². The van der Waals surface area contributed by atoms with Crippen molar-refractivity contribution < 1.29 is 27.9 Å². The Kier molecular flexibility index (Phi) is 4.52. The van der Waals surface area contributed by atoms with E-state index < -0.39 is 27.8 Å². The van der Waals surface area contributed by atoms with Crippen LogP contribution in [0.4, 0.5) is 4.79 Å². The van der Waals surface area contributed by atoms with Gasteiger partial charge >= 0.3 is 22.3 Å². The van der Waals surface area contributed by atoms with Gasteiger partial charge in [-0.1, -0.05) is 12.8 Å². The van der Waals surface area contributed by atoms with E-state index in [0.717, 1.165) is 20.0 Å². The van der Waals surface area contributed by atoms with Gasteiger partial charge in [0.05, 0.1) is 13.5 Å². The van der Waals surface area contributed by atoms with E-state index >= 15 is 0 Å². The van der Waals surface area contributed by atoms with E-state index in [-0.39, 0.29) is 6.42 Å². The summed E-state index contributed by atoms with van der Waals surface area (Å²) in [5.74, 6) is -1.09. The van der Waals surface area contributed by atoms with Crippen molar-refractivity contribution in [1.82, 2.24) is 9.44 Å². The lowest BCUT2D eigenvalue weighted by atomic mass is 9.95. The van der Waals surface area contributed by atoms with E-state index in [0.29, 0.717) is 12.8 Å². The molecule has 0 aromatic heterocycles. The van der Waals surface area contributed by atoms with Crippen molar-refractivity contribution in [2.45, 2.75) is 37.6 Å². The molecule has 1 aliphatic carbocycles. The molecule has 0 atom stereocenters. The Bertz CT molecular complexity index is 426. The van der Waals surface area contributed by atoms with E-state index in [2.05, 4.69) is 9.46 Å². The highest BCUT2D eigenvalue weighted by Gasteiger charge is 2.39. The fourth-order valence-electron chi connectivity index (χ4n) is 2.12. The number of methoxy groups -OCH3 is 1. The summed E-state index contributed by atoms with van der Waals surface area (Å²) in [6, 6.07) is 0. The highest BCUT2D eigenvalue weighted by atomic mass is 32.2. The van der Waals surface area contributed by atoms with Crippen LogP contribution in [0.2, 0.25) is 0 Å². The minimum atomic E-state index is -4.12. The van der Waals surface area contributed by atoms with Gasteiger partial charge in [0, 0.05) is 5.54 Å². The number of nitrogens with one attached hydrogen (secondary N) is 2. The van der Waals surface area contributed by atoms with Gasteiger partial charge in [-0.15, -0.1) is 0 Å². The van der Waals surface area contributed by atoms with E-state index in [1.165, 1.54) is 0 Å². The number of carboxylic acids is 1. The minimum Gasteiger partial charge on any atom is -0.481 e. The summed E-state index contributed by atoms with van der Waals surface area (Å²) < 4.78 is 31.3. The lowest BCUT2D eigenvalue weighted by Crippen LogP contribution is -2.53. The summed E-state index contributed by atoms with van der Waals surface area (Å²) in [5.41, 5.74) is -1.02. The molecule has 18 heavy (non-hydrogen) atoms. The van der Waals surface area contributed by atoms with Crippen molar-refractivity contribution in [2.75, 3.05) is 7.11 Å². The van der Waals surface area contributed by atoms with Crippen LogP contribution >= 0.6 is 0 Å². The van der Waals surface area contributed by atoms with Crippen molar-refractivity contribution >= 4 is 22.3 Å². The molecular formula is C9H16N2O6S. The van der Waals surface area contributed by atoms with Crippen molar-refractivity contribution in [1.29, 1.82) is 0 Å². The number of rotatable bonds is 5. The van der Waals surface area contributed by atoms with Gasteiger partial charge in [-0.3, -0.25) is 4.79 Å². The second-order valence-electron chi connectivity index (χ2n) is 4.26. The maximum absolute atomic E-state index is 11.6. The molecule has 0 spiro atoms. The number of hydrogen-bond donors (Lipinski definition) is 3. The van der Waals surface area contributed by atoms with Gasteiger partial charge in [0.1, 0.15) is 0 Å². The minimum absolute atomic E-state index is 0.310. The number of carbonyl (C=O) groups excluding carboxylic acids is 1. The van der Waals surface area contributed by atoms with Crippen LogP contribution in [0.5, 0.6) is 0 Å². The van der Waals surface area contributed by atoms with Crippen LogP contribution < -0.4 is 9.44 Å². The molecule has 0 saturated heterocycles. The summed E-state index contributed by atoms with van der Waals surface area (Å²) in [6.07, 6.45) is 0.922. The first kappa shape index (κ1) is 14.7. The van der Waals surface area contributed by atoms with Gasteiger partial charge in [-0.05, 0) is 12.8 Å². The molecule has 1 aliphatic rings. The first-order valence-corrected chi connectivity index (χ1v) is 6.88. The molecule has 1 amide bonds. The van der Waals surface area contributed by atoms with Crippen LogP contribution in [0.25, 0.3) is 0 Å². The van der Waals surface area contributed by atoms with Crippen LogP contribution in [0.3, 0.4) is 0 Å². The third-order valence-corrected chi connectivity index (χ3v) is 3.94. The highest BCUT2D eigenvalue weighted by Crippen LogP contribution is 2.33. The standard InChI is InChI=1S/C9H16N2O6S/c1-17-8(14)10-18(15,16)11-9(6-7(12)13)4-2-3-5-9/h11H,2-6H2,1H3,(H,10,14)(H,12,13). The second-order valence-corrected chi connectivity index (χ2v) is 5.67. The average molecular weight is 280 g/mol. The molecule has 8 nitrogen and oxygen atoms in total. The summed E-state index contributed by atoms with van der Waals surface area (Å²) in [4.78, 5) is 21.6. The number of amides is 1. The summed E-state index contributed by atoms with van der Waals surface area (Å²) >= 11 is 0. The van der Waals surface area contributed by atoms with Gasteiger partial charge in [0.2, 0.25) is 0 Å². The Hall–Kier alpha value is -1.35. The zero-order chi connectivity index (χ0) is 13.8. The molecule has 0 unspecified atom stereocenters. The van der Waals surface area contributed by atoms with E-state index in [1.807, 2.05) is 0 Å². The van der Waals surface area contributed by atoms with E-state index in [1.54, 1.807) is 4.72 Å². The average Bonchev–Trinajstić information content (AvgIpc) is 2.62. The molecule has 1 rings (SSSR count). The number of aliphatic carboxylic acids is 1. The zero-order valence-corrected chi connectivity index (χ0v) is 10.7. The van der Waals surface area contributed by atoms with E-state index in [9.17, 15) is 18.0 Å². The largest absolute Gasteiger partial charge is 0.481 e. The van der Waals surface area contributed by atoms with Gasteiger partial charge in [-0.2, -0.15) is 13.1 Å². The first-order valence-electron chi connectivity index (χ1n) is 5.40. The van der Waals surface area contributed by atoms with Crippen LogP contribution in [-0.4, -0.2) is 38.2 Å². The van der Waals surface area contributed by atoms with Crippen LogP contribution in [-0.2, 0) is 19.7 Å². The Balaban J connectivity index is 2.77. The van der Waals surface area contributed by atoms with Gasteiger partial charge in [-0.25, -0.2) is 9.52 Å². The predicted molar refractivity (Wildman–Crippen MR) is 61.0 cm³/mol. The smallest absolute Gasteiger partial charge is 0.421 e. The maximum atomic E-state index is 11.6. The van der Waals surface area contributed by atoms with Crippen molar-refractivity contribution in [2.24, 2.45) is 0 Å². The Morgan fingerprint density at radius 2 is 1.89 bits per heavy atom. The fraction of sp³-hybridized carbons (Fsp3) is 0.778. The third-order valence-electron chi connectivity index (χ3n) is 2.80. The molecule has 0 bridgehead atoms. The van der Waals surface area contributed by atoms with Gasteiger partial charge in [0.25, 0.3) is 0 Å². The van der Waals surface area contributed by atoms with Crippen LogP contribution in [0.1, 0.15) is 32.1 Å². The zero-order valence-electron chi connectivity index (χ0n) is 9.93. The second kappa shape index (κ2) is 5.53. The molecule has 0 radical (unpaired) electrons. The topological polar surface area (TPSA) is 122 Å². The molecule has 0 heterocycles. The molecule has 0 aromatic carbocycles. The quantitative estimate of drug-likeness (QED) is 0.649. The van der Waals surface area contributed by atoms with E-state index in [4.69, 9.17) is 5.11 Å². The molecule has 104 valence electrons. The fourth-order valence-corrected chi connectivity index (χ4v) is 3.32. The van der Waals surface area contributed by atoms with Crippen molar-refractivity contribution in [3.8, 4) is 0 Å². The lowest BCUT2D eigenvalue weighted by Gasteiger charge is -2.27. The number of carbonyl (C=O) groups is 2. The maximum Gasteiger partial charge on any atom is 0.421 e. The summed E-state index contributed by atoms with van der Waals surface area (Å²) in [6.45, 7) is 0. The summed E-state index contributed by atoms with van der Waals surface area (Å²) in [7, 11) is -3.08. The number of carboxylic acid groups (broad SMARTS) is 1.